The molecule has 7 heteroatoms. The number of nitrogens with one attached hydrogen (secondary N) is 1. The van der Waals surface area contributed by atoms with Crippen LogP contribution >= 0.6 is 0 Å². The average Bonchev–Trinajstić information content (AvgIpc) is 3.07. The number of carboxylic acids is 1. The number of nitrogens with zero attached hydrogens (tertiary/aromatic N) is 1. The fraction of sp³-hybridized carbons (Fsp3) is 0.229. The summed E-state index contributed by atoms with van der Waals surface area (Å²) in [5.74, 6) is -1.89. The van der Waals surface area contributed by atoms with E-state index in [1.165, 1.54) is 0 Å². The second-order valence-electron chi connectivity index (χ2n) is 11.8. The van der Waals surface area contributed by atoms with Gasteiger partial charge in [-0.1, -0.05) is 66.7 Å². The lowest BCUT2D eigenvalue weighted by molar-refractivity contribution is -0.139. The fourth-order valence-electron chi connectivity index (χ4n) is 5.91. The molecule has 5 aromatic rings. The van der Waals surface area contributed by atoms with E-state index in [2.05, 4.69) is 47.8 Å². The maximum atomic E-state index is 13.3. The van der Waals surface area contributed by atoms with Crippen LogP contribution in [0.25, 0.3) is 32.3 Å². The largest absolute Gasteiger partial charge is 0.481 e. The van der Waals surface area contributed by atoms with Crippen molar-refractivity contribution in [2.24, 2.45) is 0 Å². The lowest BCUT2D eigenvalue weighted by Crippen LogP contribution is -2.45. The van der Waals surface area contributed by atoms with Gasteiger partial charge in [0, 0.05) is 18.8 Å². The maximum absolute atomic E-state index is 13.3. The zero-order valence-corrected chi connectivity index (χ0v) is 23.8. The van der Waals surface area contributed by atoms with Gasteiger partial charge in [-0.15, -0.1) is 0 Å². The molecule has 0 bridgehead atoms. The van der Waals surface area contributed by atoms with Crippen molar-refractivity contribution >= 4 is 55.9 Å². The maximum Gasteiger partial charge on any atom is 0.338 e. The van der Waals surface area contributed by atoms with E-state index < -0.39 is 23.6 Å². The highest BCUT2D eigenvalue weighted by Gasteiger charge is 2.33. The Morgan fingerprint density at radius 1 is 0.905 bits per heavy atom. The summed E-state index contributed by atoms with van der Waals surface area (Å²) >= 11 is 0. The minimum Gasteiger partial charge on any atom is -0.481 e. The number of anilines is 1. The summed E-state index contributed by atoms with van der Waals surface area (Å²) in [4.78, 5) is 40.0. The van der Waals surface area contributed by atoms with Crippen LogP contribution in [-0.2, 0) is 27.4 Å². The number of fused-ring (bicyclic) bond motifs is 6. The van der Waals surface area contributed by atoms with Crippen LogP contribution in [0.2, 0.25) is 0 Å². The number of ether oxygens (including phenoxy) is 1. The molecule has 212 valence electrons. The quantitative estimate of drug-likeness (QED) is 0.186. The van der Waals surface area contributed by atoms with Crippen LogP contribution in [0.5, 0.6) is 0 Å². The predicted molar refractivity (Wildman–Crippen MR) is 165 cm³/mol. The van der Waals surface area contributed by atoms with Crippen LogP contribution in [-0.4, -0.2) is 34.6 Å². The van der Waals surface area contributed by atoms with Gasteiger partial charge in [-0.2, -0.15) is 0 Å². The highest BCUT2D eigenvalue weighted by atomic mass is 16.6. The Hall–Kier alpha value is -4.91. The lowest BCUT2D eigenvalue weighted by Gasteiger charge is -2.31. The van der Waals surface area contributed by atoms with E-state index >= 15 is 0 Å². The summed E-state index contributed by atoms with van der Waals surface area (Å²) in [7, 11) is 0. The van der Waals surface area contributed by atoms with E-state index in [0.29, 0.717) is 17.8 Å². The molecule has 1 aliphatic rings. The van der Waals surface area contributed by atoms with Crippen LogP contribution in [0.3, 0.4) is 0 Å². The Balaban J connectivity index is 1.50. The molecule has 0 spiro atoms. The Morgan fingerprint density at radius 3 is 2.43 bits per heavy atom. The summed E-state index contributed by atoms with van der Waals surface area (Å²) < 4.78 is 5.57. The van der Waals surface area contributed by atoms with Gasteiger partial charge < -0.3 is 20.1 Å². The number of aliphatic carboxylic acids is 1. The zero-order valence-electron chi connectivity index (χ0n) is 23.8. The SMILES string of the molecule is CC(C)(C)OC(=O)c1ccc2c(c1)CNC(=O)C(CC(=O)O)N2Cc1cccc2ccc3c4ccccc4ccc3c12. The van der Waals surface area contributed by atoms with Crippen LogP contribution in [0.4, 0.5) is 5.69 Å². The lowest BCUT2D eigenvalue weighted by atomic mass is 9.93. The van der Waals surface area contributed by atoms with Crippen LogP contribution in [0.1, 0.15) is 48.7 Å². The molecular weight excluding hydrogens is 528 g/mol. The number of esters is 1. The van der Waals surface area contributed by atoms with Crippen molar-refractivity contribution in [2.45, 2.75) is 51.9 Å². The van der Waals surface area contributed by atoms with Gasteiger partial charge in [-0.3, -0.25) is 9.59 Å². The first-order valence-electron chi connectivity index (χ1n) is 14.0. The van der Waals surface area contributed by atoms with Crippen LogP contribution in [0, 0.1) is 0 Å². The second-order valence-corrected chi connectivity index (χ2v) is 11.8. The Morgan fingerprint density at radius 2 is 1.64 bits per heavy atom. The van der Waals surface area contributed by atoms with Crippen molar-refractivity contribution in [2.75, 3.05) is 4.90 Å². The van der Waals surface area contributed by atoms with Gasteiger partial charge in [0.2, 0.25) is 5.91 Å². The third kappa shape index (κ3) is 5.14. The molecule has 2 N–H and O–H groups in total. The Kier molecular flexibility index (Phi) is 6.81. The number of carbonyl (C=O) groups is 3. The average molecular weight is 561 g/mol. The molecule has 0 fully saturated rings. The van der Waals surface area contributed by atoms with E-state index in [4.69, 9.17) is 4.74 Å². The molecule has 0 radical (unpaired) electrons. The van der Waals surface area contributed by atoms with Crippen LogP contribution in [0.15, 0.2) is 84.9 Å². The molecule has 6 rings (SSSR count). The number of amides is 1. The summed E-state index contributed by atoms with van der Waals surface area (Å²) in [5, 5.41) is 19.3. The smallest absolute Gasteiger partial charge is 0.338 e. The molecule has 0 saturated carbocycles. The van der Waals surface area contributed by atoms with Crippen molar-refractivity contribution in [3.63, 3.8) is 0 Å². The molecule has 1 aliphatic heterocycles. The number of hydrogen-bond donors (Lipinski definition) is 2. The molecule has 1 atom stereocenters. The molecule has 1 unspecified atom stereocenters. The third-order valence-electron chi connectivity index (χ3n) is 7.72. The highest BCUT2D eigenvalue weighted by molar-refractivity contribution is 6.18. The van der Waals surface area contributed by atoms with Gasteiger partial charge >= 0.3 is 11.9 Å². The van der Waals surface area contributed by atoms with Crippen molar-refractivity contribution in [1.82, 2.24) is 5.32 Å². The van der Waals surface area contributed by atoms with Crippen molar-refractivity contribution in [3.8, 4) is 0 Å². The van der Waals surface area contributed by atoms with Gasteiger partial charge in [0.25, 0.3) is 0 Å². The molecule has 0 aromatic heterocycles. The van der Waals surface area contributed by atoms with Crippen LogP contribution < -0.4 is 10.2 Å². The van der Waals surface area contributed by atoms with Gasteiger partial charge in [0.1, 0.15) is 11.6 Å². The first-order valence-corrected chi connectivity index (χ1v) is 14.0. The Labute approximate surface area is 243 Å². The van der Waals surface area contributed by atoms with E-state index in [9.17, 15) is 19.5 Å². The zero-order chi connectivity index (χ0) is 29.6. The minimum absolute atomic E-state index is 0.169. The molecule has 0 aliphatic carbocycles. The Bertz CT molecular complexity index is 1890. The number of carboxylic acid groups (broad SMARTS) is 1. The molecule has 0 saturated heterocycles. The number of rotatable bonds is 5. The monoisotopic (exact) mass is 560 g/mol. The van der Waals surface area contributed by atoms with Gasteiger partial charge in [-0.25, -0.2) is 4.79 Å². The molecule has 1 heterocycles. The summed E-state index contributed by atoms with van der Waals surface area (Å²) in [5.41, 5.74) is 2.11. The van der Waals surface area contributed by atoms with E-state index in [-0.39, 0.29) is 18.9 Å². The van der Waals surface area contributed by atoms with Gasteiger partial charge in [0.15, 0.2) is 0 Å². The summed E-state index contributed by atoms with van der Waals surface area (Å²) in [6, 6.07) is 27.1. The van der Waals surface area contributed by atoms with Crippen molar-refractivity contribution < 1.29 is 24.2 Å². The molecule has 1 amide bonds. The van der Waals surface area contributed by atoms with Crippen molar-refractivity contribution in [1.29, 1.82) is 0 Å². The van der Waals surface area contributed by atoms with E-state index in [0.717, 1.165) is 43.4 Å². The summed E-state index contributed by atoms with van der Waals surface area (Å²) in [6.07, 6.45) is -0.366. The van der Waals surface area contributed by atoms with Crippen molar-refractivity contribution in [3.05, 3.63) is 102 Å². The predicted octanol–water partition coefficient (Wildman–Crippen LogP) is 6.58. The van der Waals surface area contributed by atoms with E-state index in [1.807, 2.05) is 49.9 Å². The number of carbonyl (C=O) groups excluding carboxylic acids is 2. The van der Waals surface area contributed by atoms with Gasteiger partial charge in [0.05, 0.1) is 12.0 Å². The molecule has 5 aromatic carbocycles. The highest BCUT2D eigenvalue weighted by Crippen LogP contribution is 2.36. The van der Waals surface area contributed by atoms with E-state index in [1.54, 1.807) is 18.2 Å². The normalized spacial score (nSPS) is 15.4. The first-order chi connectivity index (χ1) is 20.1. The summed E-state index contributed by atoms with van der Waals surface area (Å²) in [6.45, 7) is 5.89. The molecular formula is C35H32N2O5. The minimum atomic E-state index is -1.07. The molecule has 7 nitrogen and oxygen atoms in total. The fourth-order valence-corrected chi connectivity index (χ4v) is 5.91. The third-order valence-corrected chi connectivity index (χ3v) is 7.72. The van der Waals surface area contributed by atoms with Gasteiger partial charge in [-0.05, 0) is 82.4 Å². The molecule has 42 heavy (non-hydrogen) atoms. The topological polar surface area (TPSA) is 95.9 Å². The number of benzene rings is 5. The number of hydrogen-bond acceptors (Lipinski definition) is 5. The standard InChI is InChI=1S/C35H32N2O5/c1-35(2,3)42-34(41)23-13-16-29-25(17-23)19-36-33(40)30(18-31(38)39)37(29)20-24-9-6-8-22-12-14-27-26-10-5-4-7-21(26)11-15-28(27)32(22)24/h4-17,30H,18-20H2,1-3H3,(H,36,40)(H,38,39). The first kappa shape index (κ1) is 27.3. The second kappa shape index (κ2) is 10.5.